The Balaban J connectivity index is 2.32. The van der Waals surface area contributed by atoms with Gasteiger partial charge in [0.15, 0.2) is 0 Å². The van der Waals surface area contributed by atoms with Crippen LogP contribution in [-0.4, -0.2) is 18.9 Å². The molecule has 0 heterocycles. The molecule has 0 saturated heterocycles. The van der Waals surface area contributed by atoms with Crippen molar-refractivity contribution in [2.24, 2.45) is 5.41 Å². The molecule has 0 fully saturated rings. The lowest BCUT2D eigenvalue weighted by molar-refractivity contribution is -0.145. The molecule has 0 bridgehead atoms. The third kappa shape index (κ3) is 5.06. The maximum Gasteiger partial charge on any atom is 0.316 e. The topological polar surface area (TPSA) is 46.6 Å². The number of likely N-dealkylation sites (N-methyl/N-ethyl adjacent to an activating group) is 1. The van der Waals surface area contributed by atoms with Crippen LogP contribution in [0.5, 0.6) is 0 Å². The Hall–Kier alpha value is -2.88. The highest BCUT2D eigenvalue weighted by atomic mass is 16.5. The van der Waals surface area contributed by atoms with Crippen molar-refractivity contribution in [1.29, 1.82) is 0 Å². The molecule has 0 radical (unpaired) electrons. The van der Waals surface area contributed by atoms with Gasteiger partial charge in [-0.1, -0.05) is 48.0 Å². The third-order valence-corrected chi connectivity index (χ3v) is 3.88. The van der Waals surface area contributed by atoms with Gasteiger partial charge < -0.3 is 9.64 Å². The summed E-state index contributed by atoms with van der Waals surface area (Å²) in [6.45, 7) is 7.32. The molecule has 0 aliphatic rings. The van der Waals surface area contributed by atoms with Crippen molar-refractivity contribution < 1.29 is 14.3 Å². The molecular weight excluding hydrogens is 326 g/mol. The van der Waals surface area contributed by atoms with Crippen LogP contribution < -0.4 is 4.90 Å². The van der Waals surface area contributed by atoms with Crippen LogP contribution >= 0.6 is 0 Å². The lowest BCUT2D eigenvalue weighted by atomic mass is 9.97. The third-order valence-electron chi connectivity index (χ3n) is 3.88. The zero-order valence-electron chi connectivity index (χ0n) is 15.9. The molecule has 0 saturated carbocycles. The molecule has 0 aliphatic carbocycles. The predicted octanol–water partition coefficient (Wildman–Crippen LogP) is 4.59. The first-order valence-corrected chi connectivity index (χ1v) is 8.52. The standard InChI is InChI=1S/C22H25NO3/c1-16-11-13-18(14-12-16)23(5)20(24)15-19(17-9-7-6-8-10-17)26-21(25)22(2,3)4/h6-15H,1-5H3/b19-15+. The number of ether oxygens (including phenoxy) is 1. The second-order valence-electron chi connectivity index (χ2n) is 7.25. The number of rotatable bonds is 4. The van der Waals surface area contributed by atoms with E-state index in [1.165, 1.54) is 11.0 Å². The van der Waals surface area contributed by atoms with Crippen molar-refractivity contribution in [1.82, 2.24) is 0 Å². The molecule has 0 atom stereocenters. The van der Waals surface area contributed by atoms with Crippen LogP contribution in [0.1, 0.15) is 31.9 Å². The predicted molar refractivity (Wildman–Crippen MR) is 105 cm³/mol. The molecule has 2 rings (SSSR count). The van der Waals surface area contributed by atoms with E-state index in [-0.39, 0.29) is 11.7 Å². The molecule has 0 N–H and O–H groups in total. The van der Waals surface area contributed by atoms with Gasteiger partial charge in [-0.05, 0) is 39.8 Å². The zero-order valence-corrected chi connectivity index (χ0v) is 15.9. The van der Waals surface area contributed by atoms with Crippen LogP contribution in [0, 0.1) is 12.3 Å². The first kappa shape index (κ1) is 19.4. The highest BCUT2D eigenvalue weighted by molar-refractivity contribution is 6.05. The monoisotopic (exact) mass is 351 g/mol. The lowest BCUT2D eigenvalue weighted by Crippen LogP contribution is -2.26. The van der Waals surface area contributed by atoms with Gasteiger partial charge in [0.25, 0.3) is 5.91 Å². The molecule has 4 nitrogen and oxygen atoms in total. The quantitative estimate of drug-likeness (QED) is 0.460. The van der Waals surface area contributed by atoms with Crippen molar-refractivity contribution >= 4 is 23.3 Å². The molecule has 0 aliphatic heterocycles. The van der Waals surface area contributed by atoms with Crippen LogP contribution in [0.3, 0.4) is 0 Å². The van der Waals surface area contributed by atoms with Crippen LogP contribution in [0.15, 0.2) is 60.7 Å². The first-order valence-electron chi connectivity index (χ1n) is 8.52. The summed E-state index contributed by atoms with van der Waals surface area (Å²) in [5.74, 6) is -0.415. The van der Waals surface area contributed by atoms with E-state index in [9.17, 15) is 9.59 Å². The summed E-state index contributed by atoms with van der Waals surface area (Å²) in [6, 6.07) is 16.8. The average molecular weight is 351 g/mol. The zero-order chi connectivity index (χ0) is 19.3. The number of anilines is 1. The Labute approximate surface area is 155 Å². The minimum atomic E-state index is -0.667. The fraction of sp³-hybridized carbons (Fsp3) is 0.273. The normalized spacial score (nSPS) is 11.8. The summed E-state index contributed by atoms with van der Waals surface area (Å²) < 4.78 is 5.55. The van der Waals surface area contributed by atoms with Crippen molar-refractivity contribution in [3.63, 3.8) is 0 Å². The maximum atomic E-state index is 12.7. The molecule has 4 heteroatoms. The van der Waals surface area contributed by atoms with Crippen LogP contribution in [0.2, 0.25) is 0 Å². The van der Waals surface area contributed by atoms with Crippen molar-refractivity contribution in [2.45, 2.75) is 27.7 Å². The number of hydrogen-bond acceptors (Lipinski definition) is 3. The van der Waals surface area contributed by atoms with Gasteiger partial charge in [-0.2, -0.15) is 0 Å². The number of esters is 1. The maximum absolute atomic E-state index is 12.7. The van der Waals surface area contributed by atoms with Gasteiger partial charge in [0.1, 0.15) is 5.76 Å². The number of nitrogens with zero attached hydrogens (tertiary/aromatic N) is 1. The molecule has 0 aromatic heterocycles. The highest BCUT2D eigenvalue weighted by Gasteiger charge is 2.25. The largest absolute Gasteiger partial charge is 0.425 e. The van der Waals surface area contributed by atoms with E-state index in [0.717, 1.165) is 11.3 Å². The molecule has 1 amide bonds. The van der Waals surface area contributed by atoms with E-state index in [4.69, 9.17) is 4.74 Å². The number of carbonyl (C=O) groups excluding carboxylic acids is 2. The number of carbonyl (C=O) groups is 2. The van der Waals surface area contributed by atoms with Crippen LogP contribution in [-0.2, 0) is 14.3 Å². The molecule has 0 unspecified atom stereocenters. The smallest absolute Gasteiger partial charge is 0.316 e. The number of aryl methyl sites for hydroxylation is 1. The van der Waals surface area contributed by atoms with Gasteiger partial charge in [0.05, 0.1) is 5.41 Å². The van der Waals surface area contributed by atoms with Crippen molar-refractivity contribution in [3.8, 4) is 0 Å². The summed E-state index contributed by atoms with van der Waals surface area (Å²) >= 11 is 0. The Morgan fingerprint density at radius 3 is 2.08 bits per heavy atom. The Bertz CT molecular complexity index is 800. The number of benzene rings is 2. The summed E-state index contributed by atoms with van der Waals surface area (Å²) in [5.41, 5.74) is 1.90. The van der Waals surface area contributed by atoms with E-state index in [0.29, 0.717) is 5.56 Å². The Morgan fingerprint density at radius 1 is 0.962 bits per heavy atom. The van der Waals surface area contributed by atoms with Crippen LogP contribution in [0.4, 0.5) is 5.69 Å². The molecular formula is C22H25NO3. The lowest BCUT2D eigenvalue weighted by Gasteiger charge is -2.20. The van der Waals surface area contributed by atoms with Crippen LogP contribution in [0.25, 0.3) is 5.76 Å². The van der Waals surface area contributed by atoms with Gasteiger partial charge in [-0.15, -0.1) is 0 Å². The molecule has 136 valence electrons. The summed E-state index contributed by atoms with van der Waals surface area (Å²) in [5, 5.41) is 0. The van der Waals surface area contributed by atoms with E-state index >= 15 is 0 Å². The number of hydrogen-bond donors (Lipinski definition) is 0. The average Bonchev–Trinajstić information content (AvgIpc) is 2.61. The fourth-order valence-electron chi connectivity index (χ4n) is 2.13. The second kappa shape index (κ2) is 8.00. The second-order valence-corrected chi connectivity index (χ2v) is 7.25. The summed E-state index contributed by atoms with van der Waals surface area (Å²) in [7, 11) is 1.69. The molecule has 0 spiro atoms. The van der Waals surface area contributed by atoms with Gasteiger partial charge >= 0.3 is 5.97 Å². The van der Waals surface area contributed by atoms with Gasteiger partial charge in [-0.3, -0.25) is 9.59 Å². The molecule has 2 aromatic carbocycles. The van der Waals surface area contributed by atoms with Crippen molar-refractivity contribution in [3.05, 3.63) is 71.8 Å². The van der Waals surface area contributed by atoms with Gasteiger partial charge in [0, 0.05) is 24.4 Å². The molecule has 26 heavy (non-hydrogen) atoms. The van der Waals surface area contributed by atoms with E-state index in [1.807, 2.05) is 49.4 Å². The van der Waals surface area contributed by atoms with E-state index < -0.39 is 11.4 Å². The highest BCUT2D eigenvalue weighted by Crippen LogP contribution is 2.23. The van der Waals surface area contributed by atoms with Gasteiger partial charge in [0.2, 0.25) is 0 Å². The summed E-state index contributed by atoms with van der Waals surface area (Å²) in [6.07, 6.45) is 1.36. The first-order chi connectivity index (χ1) is 12.2. The SMILES string of the molecule is Cc1ccc(N(C)C(=O)/C=C(/OC(=O)C(C)(C)C)c2ccccc2)cc1. The minimum Gasteiger partial charge on any atom is -0.425 e. The Kier molecular flexibility index (Phi) is 5.98. The van der Waals surface area contributed by atoms with E-state index in [2.05, 4.69) is 0 Å². The van der Waals surface area contributed by atoms with Crippen molar-refractivity contribution in [2.75, 3.05) is 11.9 Å². The number of amides is 1. The fourth-order valence-corrected chi connectivity index (χ4v) is 2.13. The van der Waals surface area contributed by atoms with Gasteiger partial charge in [-0.25, -0.2) is 0 Å². The Morgan fingerprint density at radius 2 is 1.54 bits per heavy atom. The minimum absolute atomic E-state index is 0.245. The summed E-state index contributed by atoms with van der Waals surface area (Å²) in [4.78, 5) is 26.5. The molecule has 2 aromatic rings. The van der Waals surface area contributed by atoms with E-state index in [1.54, 1.807) is 40.0 Å².